The summed E-state index contributed by atoms with van der Waals surface area (Å²) in [5.41, 5.74) is -8.08. The van der Waals surface area contributed by atoms with E-state index in [0.29, 0.717) is 7.11 Å². The first kappa shape index (κ1) is 45.6. The van der Waals surface area contributed by atoms with Crippen molar-refractivity contribution >= 4 is 48.8 Å². The van der Waals surface area contributed by atoms with Crippen LogP contribution < -0.4 is 22.3 Å². The molecule has 3 aromatic carbocycles. The van der Waals surface area contributed by atoms with Crippen LogP contribution in [0.25, 0.3) is 0 Å². The van der Waals surface area contributed by atoms with Gasteiger partial charge in [-0.25, -0.2) is 10.5 Å². The number of carbonyl (C=O) groups excluding carboxylic acids is 3. The largest absolute Gasteiger partial charge is 0.442 e. The number of rotatable bonds is 18. The normalized spacial score (nSPS) is 16.3. The third-order valence-electron chi connectivity index (χ3n) is 8.57. The molecular weight excluding hydrogens is 887 g/mol. The molecule has 1 heterocycles. The van der Waals surface area contributed by atoms with Gasteiger partial charge in [0.2, 0.25) is 11.8 Å². The molecule has 15 nitrogen and oxygen atoms in total. The average molecular weight is 919 g/mol. The number of hydrogen-bond acceptors (Lipinski definition) is 12. The lowest BCUT2D eigenvalue weighted by Gasteiger charge is -2.25. The maximum atomic E-state index is 15.0. The van der Waals surface area contributed by atoms with Gasteiger partial charge in [-0.3, -0.25) is 23.5 Å². The van der Waals surface area contributed by atoms with E-state index in [-0.39, 0.29) is 15.6 Å². The Hall–Kier alpha value is -4.08. The summed E-state index contributed by atoms with van der Waals surface area (Å²) in [7, 11) is -7.90. The third kappa shape index (κ3) is 9.30. The summed E-state index contributed by atoms with van der Waals surface area (Å²) < 4.78 is 143. The van der Waals surface area contributed by atoms with Crippen molar-refractivity contribution in [1.29, 1.82) is 0 Å². The van der Waals surface area contributed by atoms with Gasteiger partial charge in [0.25, 0.3) is 5.91 Å². The number of primary amides is 1. The van der Waals surface area contributed by atoms with Gasteiger partial charge in [-0.05, 0) is 29.3 Å². The van der Waals surface area contributed by atoms with Gasteiger partial charge in [0, 0.05) is 60.9 Å². The number of benzene rings is 3. The first-order chi connectivity index (χ1) is 26.4. The molecule has 3 atom stereocenters. The molecule has 1 unspecified atom stereocenters. The second-order valence-electron chi connectivity index (χ2n) is 12.1. The third-order valence-corrected chi connectivity index (χ3v) is 12.6. The molecule has 310 valence electrons. The lowest BCUT2D eigenvalue weighted by Crippen LogP contribution is -2.54. The monoisotopic (exact) mass is 918 g/mol. The molecule has 0 radical (unpaired) electrons. The topological polar surface area (TPSA) is 223 Å². The second kappa shape index (κ2) is 17.0. The highest BCUT2D eigenvalue weighted by atomic mass is 79.9. The summed E-state index contributed by atoms with van der Waals surface area (Å²) in [5.74, 6) is 1.41. The molecule has 0 bridgehead atoms. The lowest BCUT2D eigenvalue weighted by atomic mass is 9.99. The highest BCUT2D eigenvalue weighted by molar-refractivity contribution is 9.10. The van der Waals surface area contributed by atoms with Crippen LogP contribution in [0.1, 0.15) is 38.2 Å². The first-order valence-corrected chi connectivity index (χ1v) is 19.7. The van der Waals surface area contributed by atoms with E-state index >= 15 is 8.78 Å². The Labute approximate surface area is 327 Å². The summed E-state index contributed by atoms with van der Waals surface area (Å²) in [6.07, 6.45) is -5.87. The van der Waals surface area contributed by atoms with Crippen molar-refractivity contribution in [3.8, 4) is 0 Å². The van der Waals surface area contributed by atoms with Crippen molar-refractivity contribution in [3.05, 3.63) is 105 Å². The Morgan fingerprint density at radius 1 is 0.754 bits per heavy atom. The molecule has 3 amide bonds. The second-order valence-corrected chi connectivity index (χ2v) is 17.5. The molecule has 0 spiro atoms. The quantitative estimate of drug-likeness (QED) is 0.0616. The van der Waals surface area contributed by atoms with E-state index < -0.39 is 103 Å². The van der Waals surface area contributed by atoms with Crippen LogP contribution in [-0.2, 0) is 66.7 Å². The average Bonchev–Trinajstić information content (AvgIpc) is 4.00. The fraction of sp³-hybridized carbons (Fsp3) is 0.344. The highest BCUT2D eigenvalue weighted by Crippen LogP contribution is 2.66. The Morgan fingerprint density at radius 2 is 1.21 bits per heavy atom. The van der Waals surface area contributed by atoms with Gasteiger partial charge in [-0.1, -0.05) is 64.5 Å². The molecule has 25 heteroatoms. The lowest BCUT2D eigenvalue weighted by molar-refractivity contribution is -0.166. The van der Waals surface area contributed by atoms with E-state index in [4.69, 9.17) is 11.6 Å². The van der Waals surface area contributed by atoms with E-state index in [1.807, 2.05) is 0 Å². The molecule has 0 aromatic heterocycles. The van der Waals surface area contributed by atoms with Crippen molar-refractivity contribution in [2.75, 3.05) is 21.3 Å². The van der Waals surface area contributed by atoms with Gasteiger partial charge in [0.15, 0.2) is 0 Å². The molecule has 0 saturated heterocycles. The summed E-state index contributed by atoms with van der Waals surface area (Å²) in [4.78, 5) is 39.8. The smallest absolute Gasteiger partial charge is 0.368 e. The van der Waals surface area contributed by atoms with E-state index in [1.54, 1.807) is 0 Å². The van der Waals surface area contributed by atoms with Gasteiger partial charge in [-0.15, -0.1) is 10.2 Å². The van der Waals surface area contributed by atoms with Crippen molar-refractivity contribution in [2.45, 2.75) is 48.1 Å². The maximum absolute atomic E-state index is 15.0. The minimum absolute atomic E-state index is 0.00571. The van der Waals surface area contributed by atoms with Crippen LogP contribution in [0.15, 0.2) is 81.4 Å². The van der Waals surface area contributed by atoms with Crippen molar-refractivity contribution in [3.63, 3.8) is 0 Å². The number of nitrogens with one attached hydrogen (secondary N) is 2. The zero-order valence-electron chi connectivity index (χ0n) is 29.6. The molecule has 0 fully saturated rings. The van der Waals surface area contributed by atoms with Crippen LogP contribution in [-0.4, -0.2) is 57.3 Å². The van der Waals surface area contributed by atoms with E-state index in [0.717, 1.165) is 80.9 Å². The van der Waals surface area contributed by atoms with Crippen molar-refractivity contribution < 1.29 is 72.4 Å². The van der Waals surface area contributed by atoms with Crippen LogP contribution in [0.4, 0.5) is 30.7 Å². The Morgan fingerprint density at radius 3 is 1.61 bits per heavy atom. The number of nitrogens with two attached hydrogens (primary N) is 2. The molecular formula is C32H32BrF7N6O9P2. The summed E-state index contributed by atoms with van der Waals surface area (Å²) in [5, 5.41) is 10.9. The van der Waals surface area contributed by atoms with Crippen LogP contribution in [0.3, 0.4) is 0 Å². The first-order valence-electron chi connectivity index (χ1n) is 15.9. The highest BCUT2D eigenvalue weighted by Gasteiger charge is 2.65. The number of nitrogens with zero attached hydrogens (tertiary/aromatic N) is 2. The van der Waals surface area contributed by atoms with Crippen LogP contribution >= 0.6 is 31.1 Å². The molecule has 0 saturated carbocycles. The molecule has 4 rings (SSSR count). The number of carbonyl (C=O) groups is 3. The summed E-state index contributed by atoms with van der Waals surface area (Å²) in [6.45, 7) is 0. The zero-order chi connectivity index (χ0) is 42.8. The standard InChI is InChI=1S/C32H32BrF7N6O9P2/c1-52-56(50,53-2)30(34,35)20-8-6-18(7-9-20)13-25(44-27(48)19-14-22(16-23(33)15-19)29(45-46-29)32(38,39)40)28(49)43-24(26(41)47)12-17-4-10-21(11-5-17)31(36,37)57(51,54-3)55-42/h4-11,14-16,24-25H,12-13,42H2,1-3H3,(H2,41,47)(H,43,49)(H,44,48)/t24-,25-,57?/m0/s1. The van der Waals surface area contributed by atoms with E-state index in [2.05, 4.69) is 55.0 Å². The molecule has 1 aliphatic rings. The van der Waals surface area contributed by atoms with Crippen LogP contribution in [0.5, 0.6) is 0 Å². The predicted molar refractivity (Wildman–Crippen MR) is 189 cm³/mol. The fourth-order valence-electron chi connectivity index (χ4n) is 5.31. The molecule has 57 heavy (non-hydrogen) atoms. The molecule has 6 N–H and O–H groups in total. The SMILES string of the molecule is COP(=O)(OC)C(F)(F)c1ccc(C[C@H](NC(=O)c2cc(Br)cc(C3(C(F)(F)F)N=N3)c2)C(=O)N[C@@H](Cc2ccc(C(F)(F)P(=O)(OC)ON)cc2)C(N)=O)cc1. The van der Waals surface area contributed by atoms with E-state index in [1.165, 1.54) is 0 Å². The molecule has 1 aliphatic heterocycles. The van der Waals surface area contributed by atoms with Crippen LogP contribution in [0, 0.1) is 0 Å². The number of alkyl halides is 7. The van der Waals surface area contributed by atoms with Gasteiger partial charge in [0.05, 0.1) is 0 Å². The maximum Gasteiger partial charge on any atom is 0.442 e. The van der Waals surface area contributed by atoms with Gasteiger partial charge in [0.1, 0.15) is 12.1 Å². The van der Waals surface area contributed by atoms with E-state index in [9.17, 15) is 45.5 Å². The Bertz CT molecular complexity index is 2110. The van der Waals surface area contributed by atoms with Crippen LogP contribution in [0.2, 0.25) is 0 Å². The number of amides is 3. The fourth-order valence-corrected chi connectivity index (χ4v) is 7.79. The van der Waals surface area contributed by atoms with Crippen molar-refractivity contribution in [1.82, 2.24) is 10.6 Å². The molecule has 3 aromatic rings. The number of hydrogen-bond donors (Lipinski definition) is 4. The van der Waals surface area contributed by atoms with Gasteiger partial charge >= 0.3 is 38.4 Å². The summed E-state index contributed by atoms with van der Waals surface area (Å²) in [6, 6.07) is 7.43. The Kier molecular flexibility index (Phi) is 13.6. The zero-order valence-corrected chi connectivity index (χ0v) is 32.9. The number of halogens is 8. The Balaban J connectivity index is 1.64. The van der Waals surface area contributed by atoms with Gasteiger partial charge < -0.3 is 29.9 Å². The summed E-state index contributed by atoms with van der Waals surface area (Å²) >= 11 is 3.04. The van der Waals surface area contributed by atoms with Gasteiger partial charge in [-0.2, -0.15) is 30.7 Å². The minimum Gasteiger partial charge on any atom is -0.368 e. The predicted octanol–water partition coefficient (Wildman–Crippen LogP) is 6.50. The minimum atomic E-state index is -5.14. The molecule has 0 aliphatic carbocycles. The van der Waals surface area contributed by atoms with Crippen molar-refractivity contribution in [2.24, 2.45) is 21.9 Å².